The molecule has 5 heteroatoms. The maximum atomic E-state index is 12.3. The van der Waals surface area contributed by atoms with Gasteiger partial charge in [0.1, 0.15) is 5.75 Å². The van der Waals surface area contributed by atoms with E-state index in [0.29, 0.717) is 34.4 Å². The van der Waals surface area contributed by atoms with Gasteiger partial charge in [-0.2, -0.15) is 0 Å². The third-order valence-corrected chi connectivity index (χ3v) is 3.64. The molecule has 0 aromatic heterocycles. The zero-order valence-corrected chi connectivity index (χ0v) is 13.6. The highest BCUT2D eigenvalue weighted by Crippen LogP contribution is 2.33. The van der Waals surface area contributed by atoms with Crippen LogP contribution in [0.5, 0.6) is 5.75 Å². The number of rotatable bonds is 7. The van der Waals surface area contributed by atoms with Crippen molar-refractivity contribution >= 4 is 23.4 Å². The number of hydrogen-bond acceptors (Lipinski definition) is 3. The van der Waals surface area contributed by atoms with Crippen LogP contribution in [-0.2, 0) is 4.79 Å². The fourth-order valence-electron chi connectivity index (χ4n) is 1.98. The Hall–Kier alpha value is -1.55. The second-order valence-corrected chi connectivity index (χ2v) is 5.91. The van der Waals surface area contributed by atoms with E-state index in [1.807, 2.05) is 20.8 Å². The van der Waals surface area contributed by atoms with Crippen LogP contribution in [0.15, 0.2) is 6.07 Å². The number of carbonyl (C=O) groups excluding carboxylic acids is 1. The lowest BCUT2D eigenvalue weighted by Gasteiger charge is -2.17. The van der Waals surface area contributed by atoms with Gasteiger partial charge in [-0.15, -0.1) is 0 Å². The molecule has 0 aliphatic rings. The molecule has 4 nitrogen and oxygen atoms in total. The SMILES string of the molecule is Cc1cc(OCC(C)C)c(C(=O)CCC(=O)O)c(C)c1Cl. The number of carbonyl (C=O) groups is 2. The van der Waals surface area contributed by atoms with E-state index in [-0.39, 0.29) is 18.6 Å². The number of ketones is 1. The number of Topliss-reactive ketones (excluding diaryl/α,β-unsaturated/α-hetero) is 1. The summed E-state index contributed by atoms with van der Waals surface area (Å²) < 4.78 is 5.72. The van der Waals surface area contributed by atoms with E-state index in [9.17, 15) is 9.59 Å². The Bertz CT molecular complexity index is 550. The van der Waals surface area contributed by atoms with Gasteiger partial charge in [-0.25, -0.2) is 0 Å². The summed E-state index contributed by atoms with van der Waals surface area (Å²) in [6, 6.07) is 1.74. The molecule has 21 heavy (non-hydrogen) atoms. The molecule has 0 aliphatic carbocycles. The summed E-state index contributed by atoms with van der Waals surface area (Å²) in [5, 5.41) is 9.23. The van der Waals surface area contributed by atoms with E-state index in [1.165, 1.54) is 0 Å². The Morgan fingerprint density at radius 3 is 2.43 bits per heavy atom. The van der Waals surface area contributed by atoms with Crippen molar-refractivity contribution in [2.75, 3.05) is 6.61 Å². The zero-order chi connectivity index (χ0) is 16.2. The fourth-order valence-corrected chi connectivity index (χ4v) is 2.13. The van der Waals surface area contributed by atoms with E-state index < -0.39 is 5.97 Å². The number of ether oxygens (including phenoxy) is 1. The van der Waals surface area contributed by atoms with Gasteiger partial charge in [0.2, 0.25) is 0 Å². The van der Waals surface area contributed by atoms with E-state index >= 15 is 0 Å². The van der Waals surface area contributed by atoms with Crippen LogP contribution in [0.4, 0.5) is 0 Å². The van der Waals surface area contributed by atoms with Gasteiger partial charge in [-0.05, 0) is 37.0 Å². The van der Waals surface area contributed by atoms with Gasteiger partial charge in [0.25, 0.3) is 0 Å². The number of benzene rings is 1. The number of halogens is 1. The quantitative estimate of drug-likeness (QED) is 0.772. The van der Waals surface area contributed by atoms with Crippen LogP contribution >= 0.6 is 11.6 Å². The summed E-state index contributed by atoms with van der Waals surface area (Å²) in [7, 11) is 0. The summed E-state index contributed by atoms with van der Waals surface area (Å²) in [4.78, 5) is 22.9. The Labute approximate surface area is 130 Å². The fraction of sp³-hybridized carbons (Fsp3) is 0.500. The number of aryl methyl sites for hydroxylation is 1. The summed E-state index contributed by atoms with van der Waals surface area (Å²) in [5.41, 5.74) is 1.88. The first-order chi connectivity index (χ1) is 9.73. The monoisotopic (exact) mass is 312 g/mol. The van der Waals surface area contributed by atoms with Crippen molar-refractivity contribution in [3.05, 3.63) is 27.8 Å². The van der Waals surface area contributed by atoms with Crippen molar-refractivity contribution in [2.24, 2.45) is 5.92 Å². The molecular formula is C16H21ClO4. The molecular weight excluding hydrogens is 292 g/mol. The lowest BCUT2D eigenvalue weighted by molar-refractivity contribution is -0.136. The average Bonchev–Trinajstić information content (AvgIpc) is 2.39. The van der Waals surface area contributed by atoms with Gasteiger partial charge in [0.15, 0.2) is 5.78 Å². The van der Waals surface area contributed by atoms with Gasteiger partial charge >= 0.3 is 5.97 Å². The van der Waals surface area contributed by atoms with Crippen molar-refractivity contribution in [2.45, 2.75) is 40.5 Å². The molecule has 0 radical (unpaired) electrons. The maximum absolute atomic E-state index is 12.3. The third-order valence-electron chi connectivity index (χ3n) is 3.06. The minimum Gasteiger partial charge on any atom is -0.493 e. The van der Waals surface area contributed by atoms with Crippen LogP contribution in [0.25, 0.3) is 0 Å². The van der Waals surface area contributed by atoms with Crippen molar-refractivity contribution in [3.8, 4) is 5.75 Å². The Morgan fingerprint density at radius 1 is 1.29 bits per heavy atom. The molecule has 0 aliphatic heterocycles. The molecule has 0 saturated carbocycles. The van der Waals surface area contributed by atoms with Crippen molar-refractivity contribution < 1.29 is 19.4 Å². The van der Waals surface area contributed by atoms with Crippen LogP contribution in [0.1, 0.15) is 48.2 Å². The van der Waals surface area contributed by atoms with Crippen molar-refractivity contribution in [1.29, 1.82) is 0 Å². The highest BCUT2D eigenvalue weighted by Gasteiger charge is 2.20. The van der Waals surface area contributed by atoms with Crippen LogP contribution in [0.2, 0.25) is 5.02 Å². The highest BCUT2D eigenvalue weighted by molar-refractivity contribution is 6.32. The topological polar surface area (TPSA) is 63.6 Å². The van der Waals surface area contributed by atoms with E-state index in [0.717, 1.165) is 5.56 Å². The molecule has 1 aromatic rings. The van der Waals surface area contributed by atoms with Gasteiger partial charge < -0.3 is 9.84 Å². The first kappa shape index (κ1) is 17.5. The van der Waals surface area contributed by atoms with Crippen LogP contribution < -0.4 is 4.74 Å². The first-order valence-corrected chi connectivity index (χ1v) is 7.29. The van der Waals surface area contributed by atoms with Gasteiger partial charge in [0.05, 0.1) is 18.6 Å². The molecule has 0 heterocycles. The number of carboxylic acids is 1. The Morgan fingerprint density at radius 2 is 1.90 bits per heavy atom. The van der Waals surface area contributed by atoms with Gasteiger partial charge in [0, 0.05) is 11.4 Å². The van der Waals surface area contributed by atoms with Gasteiger partial charge in [-0.1, -0.05) is 25.4 Å². The minimum absolute atomic E-state index is 0.0619. The first-order valence-electron chi connectivity index (χ1n) is 6.91. The standard InChI is InChI=1S/C16H21ClO4/c1-9(2)8-21-13-7-10(3)16(17)11(4)15(13)12(18)5-6-14(19)20/h7,9H,5-6,8H2,1-4H3,(H,19,20). The van der Waals surface area contributed by atoms with Crippen molar-refractivity contribution in [3.63, 3.8) is 0 Å². The Balaban J connectivity index is 3.16. The summed E-state index contributed by atoms with van der Waals surface area (Å²) >= 11 is 6.20. The van der Waals surface area contributed by atoms with Crippen LogP contribution in [0, 0.1) is 19.8 Å². The molecule has 0 fully saturated rings. The smallest absolute Gasteiger partial charge is 0.303 e. The number of carboxylic acid groups (broad SMARTS) is 1. The molecule has 0 unspecified atom stereocenters. The maximum Gasteiger partial charge on any atom is 0.303 e. The molecule has 0 amide bonds. The normalized spacial score (nSPS) is 10.8. The molecule has 0 atom stereocenters. The lowest BCUT2D eigenvalue weighted by Crippen LogP contribution is -2.12. The average molecular weight is 313 g/mol. The summed E-state index contributed by atoms with van der Waals surface area (Å²) in [6.45, 7) is 8.12. The zero-order valence-electron chi connectivity index (χ0n) is 12.8. The molecule has 1 aromatic carbocycles. The Kier molecular flexibility index (Phi) is 6.21. The molecule has 1 N–H and O–H groups in total. The molecule has 0 spiro atoms. The molecule has 0 saturated heterocycles. The van der Waals surface area contributed by atoms with E-state index in [2.05, 4.69) is 0 Å². The molecule has 1 rings (SSSR count). The second kappa shape index (κ2) is 7.46. The summed E-state index contributed by atoms with van der Waals surface area (Å²) in [6.07, 6.45) is -0.263. The lowest BCUT2D eigenvalue weighted by atomic mass is 9.98. The minimum atomic E-state index is -0.996. The number of aliphatic carboxylic acids is 1. The predicted molar refractivity (Wildman–Crippen MR) is 82.5 cm³/mol. The predicted octanol–water partition coefficient (Wildman–Crippen LogP) is 4.04. The second-order valence-electron chi connectivity index (χ2n) is 5.53. The van der Waals surface area contributed by atoms with Gasteiger partial charge in [-0.3, -0.25) is 9.59 Å². The number of hydrogen-bond donors (Lipinski definition) is 1. The third kappa shape index (κ3) is 4.74. The molecule has 116 valence electrons. The largest absolute Gasteiger partial charge is 0.493 e. The van der Waals surface area contributed by atoms with Crippen molar-refractivity contribution in [1.82, 2.24) is 0 Å². The van der Waals surface area contributed by atoms with E-state index in [4.69, 9.17) is 21.4 Å². The van der Waals surface area contributed by atoms with Crippen LogP contribution in [-0.4, -0.2) is 23.5 Å². The molecule has 0 bridgehead atoms. The van der Waals surface area contributed by atoms with Crippen LogP contribution in [0.3, 0.4) is 0 Å². The summed E-state index contributed by atoms with van der Waals surface area (Å²) in [5.74, 6) is -0.443. The highest BCUT2D eigenvalue weighted by atomic mass is 35.5. The van der Waals surface area contributed by atoms with E-state index in [1.54, 1.807) is 13.0 Å².